The monoisotopic (exact) mass is 584 g/mol. The van der Waals surface area contributed by atoms with Gasteiger partial charge in [-0.3, -0.25) is 0 Å². The van der Waals surface area contributed by atoms with Gasteiger partial charge in [0.2, 0.25) is 0 Å². The zero-order valence-electron chi connectivity index (χ0n) is 21.9. The van der Waals surface area contributed by atoms with Crippen molar-refractivity contribution in [1.29, 1.82) is 0 Å². The Kier molecular flexibility index (Phi) is 30.8. The van der Waals surface area contributed by atoms with Crippen molar-refractivity contribution in [3.05, 3.63) is 0 Å². The Morgan fingerprint density at radius 3 is 0.935 bits per heavy atom. The molecule has 0 aromatic heterocycles. The van der Waals surface area contributed by atoms with Gasteiger partial charge in [-0.05, 0) is 38.5 Å². The van der Waals surface area contributed by atoms with Gasteiger partial charge in [-0.15, -0.1) is 0 Å². The van der Waals surface area contributed by atoms with Crippen molar-refractivity contribution in [1.82, 2.24) is 0 Å². The summed E-state index contributed by atoms with van der Waals surface area (Å²) >= 11 is 3.52. The van der Waals surface area contributed by atoms with Crippen LogP contribution in [0.1, 0.15) is 149 Å². The summed E-state index contributed by atoms with van der Waals surface area (Å²) in [5.74, 6) is 0. The van der Waals surface area contributed by atoms with E-state index in [0.717, 1.165) is 0 Å². The second-order valence-electron chi connectivity index (χ2n) is 9.94. The third kappa shape index (κ3) is 22.9. The molecule has 0 heterocycles. The van der Waals surface area contributed by atoms with E-state index < -0.39 is 7.26 Å². The average molecular weight is 587 g/mol. The molecule has 0 nitrogen and oxygen atoms in total. The molecule has 0 bridgehead atoms. The molecule has 0 spiro atoms. The molecule has 3 heteroatoms. The van der Waals surface area contributed by atoms with Gasteiger partial charge in [-0.1, -0.05) is 127 Å². The van der Waals surface area contributed by atoms with Gasteiger partial charge in [-0.2, -0.15) is 0 Å². The molecule has 0 amide bonds. The molecular formula is C28H59Br2P. The lowest BCUT2D eigenvalue weighted by Gasteiger charge is -2.28. The number of rotatable bonds is 25. The summed E-state index contributed by atoms with van der Waals surface area (Å²) < 4.78 is 0. The fourth-order valence-electron chi connectivity index (χ4n) is 4.81. The van der Waals surface area contributed by atoms with Crippen LogP contribution < -0.4 is 17.0 Å². The molecule has 0 unspecified atom stereocenters. The fraction of sp³-hybridized carbons (Fsp3) is 1.00. The highest BCUT2D eigenvalue weighted by molar-refractivity contribution is 9.09. The van der Waals surface area contributed by atoms with Crippen LogP contribution in [0.5, 0.6) is 0 Å². The van der Waals surface area contributed by atoms with E-state index in [-0.39, 0.29) is 17.0 Å². The van der Waals surface area contributed by atoms with Gasteiger partial charge >= 0.3 is 0 Å². The number of halogens is 2. The quantitative estimate of drug-likeness (QED) is 0.0574. The van der Waals surface area contributed by atoms with E-state index in [4.69, 9.17) is 0 Å². The maximum absolute atomic E-state index is 3.52. The first kappa shape index (κ1) is 34.6. The molecule has 0 aliphatic heterocycles. The molecule has 0 radical (unpaired) electrons. The van der Waals surface area contributed by atoms with E-state index in [2.05, 4.69) is 36.7 Å². The summed E-state index contributed by atoms with van der Waals surface area (Å²) in [6, 6.07) is 0. The summed E-state index contributed by atoms with van der Waals surface area (Å²) in [6.07, 6.45) is 35.8. The van der Waals surface area contributed by atoms with Crippen LogP contribution in [0.25, 0.3) is 0 Å². The minimum atomic E-state index is -0.635. The Morgan fingerprint density at radius 1 is 0.387 bits per heavy atom. The number of hydrogen-bond donors (Lipinski definition) is 0. The molecule has 0 aromatic rings. The highest BCUT2D eigenvalue weighted by Crippen LogP contribution is 2.61. The van der Waals surface area contributed by atoms with Crippen LogP contribution in [-0.2, 0) is 0 Å². The summed E-state index contributed by atoms with van der Waals surface area (Å²) in [5.41, 5.74) is 0. The van der Waals surface area contributed by atoms with Crippen LogP contribution in [0.4, 0.5) is 0 Å². The number of alkyl halides is 1. The SMILES string of the molecule is CCCC[P+](CCCC)(CCCC)CCCCCCCCCCCCCCCCBr.[Br-]. The minimum Gasteiger partial charge on any atom is -1.00 e. The highest BCUT2D eigenvalue weighted by atomic mass is 79.9. The first-order valence-electron chi connectivity index (χ1n) is 14.2. The predicted octanol–water partition coefficient (Wildman–Crippen LogP) is 8.26. The van der Waals surface area contributed by atoms with Crippen molar-refractivity contribution in [2.45, 2.75) is 149 Å². The second-order valence-corrected chi connectivity index (χ2v) is 15.2. The average Bonchev–Trinajstić information content (AvgIpc) is 2.77. The zero-order chi connectivity index (χ0) is 22.2. The highest BCUT2D eigenvalue weighted by Gasteiger charge is 2.34. The topological polar surface area (TPSA) is 0 Å². The predicted molar refractivity (Wildman–Crippen MR) is 150 cm³/mol. The van der Waals surface area contributed by atoms with Crippen LogP contribution in [0, 0.1) is 0 Å². The van der Waals surface area contributed by atoms with Gasteiger partial charge in [0.1, 0.15) is 0 Å². The Hall–Kier alpha value is 1.39. The Morgan fingerprint density at radius 2 is 0.645 bits per heavy atom. The molecular weight excluding hydrogens is 527 g/mol. The lowest BCUT2D eigenvalue weighted by atomic mass is 10.0. The third-order valence-electron chi connectivity index (χ3n) is 6.97. The molecule has 0 aliphatic rings. The second kappa shape index (κ2) is 27.6. The number of unbranched alkanes of at least 4 members (excludes halogenated alkanes) is 16. The van der Waals surface area contributed by atoms with Gasteiger partial charge in [0.25, 0.3) is 0 Å². The molecule has 31 heavy (non-hydrogen) atoms. The van der Waals surface area contributed by atoms with Crippen LogP contribution in [0.2, 0.25) is 0 Å². The lowest BCUT2D eigenvalue weighted by molar-refractivity contribution is -0.00000670. The normalized spacial score (nSPS) is 11.6. The van der Waals surface area contributed by atoms with E-state index in [0.29, 0.717) is 0 Å². The van der Waals surface area contributed by atoms with Gasteiger partial charge in [-0.25, -0.2) is 0 Å². The van der Waals surface area contributed by atoms with Crippen LogP contribution in [0.3, 0.4) is 0 Å². The standard InChI is InChI=1S/C28H59BrP.BrH/c1-4-7-25-30(26-8-5-2,27-9-6-3)28-23-21-19-17-15-13-11-10-12-14-16-18-20-22-24-29;/h4-28H2,1-3H3;1H/q+1;/p-1. The van der Waals surface area contributed by atoms with Crippen molar-refractivity contribution in [3.63, 3.8) is 0 Å². The summed E-state index contributed by atoms with van der Waals surface area (Å²) in [6.45, 7) is 7.17. The summed E-state index contributed by atoms with van der Waals surface area (Å²) in [7, 11) is -0.635. The Bertz CT molecular complexity index is 300. The summed E-state index contributed by atoms with van der Waals surface area (Å²) in [4.78, 5) is 0. The van der Waals surface area contributed by atoms with Crippen LogP contribution >= 0.6 is 23.2 Å². The van der Waals surface area contributed by atoms with Crippen molar-refractivity contribution >= 4 is 23.2 Å². The fourth-order valence-corrected chi connectivity index (χ4v) is 10.4. The van der Waals surface area contributed by atoms with E-state index in [9.17, 15) is 0 Å². The summed E-state index contributed by atoms with van der Waals surface area (Å²) in [5, 5.41) is 1.19. The molecule has 0 aliphatic carbocycles. The van der Waals surface area contributed by atoms with E-state index >= 15 is 0 Å². The van der Waals surface area contributed by atoms with Crippen LogP contribution in [-0.4, -0.2) is 30.0 Å². The first-order chi connectivity index (χ1) is 14.7. The largest absolute Gasteiger partial charge is 1.00 e. The van der Waals surface area contributed by atoms with E-state index in [1.165, 1.54) is 127 Å². The molecule has 0 fully saturated rings. The molecule has 0 saturated heterocycles. The molecule has 0 saturated carbocycles. The van der Waals surface area contributed by atoms with Crippen LogP contribution in [0.15, 0.2) is 0 Å². The lowest BCUT2D eigenvalue weighted by Crippen LogP contribution is -3.00. The van der Waals surface area contributed by atoms with Crippen molar-refractivity contribution < 1.29 is 17.0 Å². The number of hydrogen-bond acceptors (Lipinski definition) is 0. The molecule has 0 atom stereocenters. The molecule has 190 valence electrons. The first-order valence-corrected chi connectivity index (χ1v) is 17.8. The third-order valence-corrected chi connectivity index (χ3v) is 12.6. The van der Waals surface area contributed by atoms with Gasteiger partial charge in [0.05, 0.1) is 24.6 Å². The van der Waals surface area contributed by atoms with Crippen molar-refractivity contribution in [3.8, 4) is 0 Å². The zero-order valence-corrected chi connectivity index (χ0v) is 25.9. The maximum atomic E-state index is 3.52. The Labute approximate surface area is 218 Å². The maximum Gasteiger partial charge on any atom is 0.0594 e. The smallest absolute Gasteiger partial charge is 0.0594 e. The molecule has 0 N–H and O–H groups in total. The Balaban J connectivity index is 0. The van der Waals surface area contributed by atoms with Gasteiger partial charge in [0, 0.05) is 12.6 Å². The van der Waals surface area contributed by atoms with E-state index in [1.54, 1.807) is 31.1 Å². The van der Waals surface area contributed by atoms with Crippen molar-refractivity contribution in [2.24, 2.45) is 0 Å². The van der Waals surface area contributed by atoms with E-state index in [1.807, 2.05) is 0 Å². The molecule has 0 rings (SSSR count). The molecule has 0 aromatic carbocycles. The minimum absolute atomic E-state index is 0. The van der Waals surface area contributed by atoms with Gasteiger partial charge < -0.3 is 17.0 Å². The van der Waals surface area contributed by atoms with Gasteiger partial charge in [0.15, 0.2) is 0 Å². The van der Waals surface area contributed by atoms with Crippen molar-refractivity contribution in [2.75, 3.05) is 30.0 Å².